The number of hydrogen-bond acceptors (Lipinski definition) is 8. The Bertz CT molecular complexity index is 838. The van der Waals surface area contributed by atoms with E-state index < -0.39 is 0 Å². The Kier molecular flexibility index (Phi) is 5.34. The van der Waals surface area contributed by atoms with E-state index in [-0.39, 0.29) is 16.1 Å². The maximum absolute atomic E-state index is 11.9. The van der Waals surface area contributed by atoms with Crippen molar-refractivity contribution in [2.45, 2.75) is 44.6 Å². The van der Waals surface area contributed by atoms with Gasteiger partial charge in [-0.25, -0.2) is 4.63 Å². The van der Waals surface area contributed by atoms with Crippen LogP contribution >= 0.6 is 0 Å². The van der Waals surface area contributed by atoms with E-state index in [1.807, 2.05) is 6.07 Å². The molecule has 0 bridgehead atoms. The molecule has 0 radical (unpaired) electrons. The second-order valence-electron chi connectivity index (χ2n) is 8.03. The van der Waals surface area contributed by atoms with Crippen LogP contribution in [0.5, 0.6) is 0 Å². The summed E-state index contributed by atoms with van der Waals surface area (Å²) in [5.41, 5.74) is 2.26. The molecular weight excluding hydrogens is 360 g/mol. The number of aromatic nitrogens is 2. The Labute approximate surface area is 164 Å². The highest BCUT2D eigenvalue weighted by atomic mass is 16.6. The lowest BCUT2D eigenvalue weighted by Gasteiger charge is -2.36. The molecule has 2 aromatic rings. The Morgan fingerprint density at radius 2 is 1.75 bits per heavy atom. The van der Waals surface area contributed by atoms with Crippen LogP contribution in [0.15, 0.2) is 10.7 Å². The van der Waals surface area contributed by atoms with Crippen molar-refractivity contribution in [3.05, 3.63) is 16.2 Å². The minimum Gasteiger partial charge on any atom is -0.370 e. The van der Waals surface area contributed by atoms with Gasteiger partial charge in [-0.1, -0.05) is 12.8 Å². The molecule has 2 aliphatic heterocycles. The first-order valence-corrected chi connectivity index (χ1v) is 10.2. The Hall–Kier alpha value is -2.42. The average Bonchev–Trinajstić information content (AvgIpc) is 3.01. The molecule has 0 atom stereocenters. The summed E-state index contributed by atoms with van der Waals surface area (Å²) >= 11 is 0. The minimum absolute atomic E-state index is 0.0127. The standard InChI is InChI=1S/C19H28N6O3/c1-22-11-7-14(8-12-22)23(2)15-13-16(24-9-5-3-4-6-10-24)19(25(26)27)18-17(15)20-28-21-18/h13-14H,3-12H2,1-2H3. The first-order valence-electron chi connectivity index (χ1n) is 10.2. The molecule has 9 heteroatoms. The Morgan fingerprint density at radius 3 is 2.39 bits per heavy atom. The van der Waals surface area contributed by atoms with Gasteiger partial charge in [0.05, 0.1) is 10.6 Å². The predicted molar refractivity (Wildman–Crippen MR) is 108 cm³/mol. The van der Waals surface area contributed by atoms with E-state index in [0.29, 0.717) is 17.2 Å². The van der Waals surface area contributed by atoms with Crippen LogP contribution in [0.1, 0.15) is 38.5 Å². The average molecular weight is 388 g/mol. The molecule has 1 aromatic carbocycles. The van der Waals surface area contributed by atoms with Gasteiger partial charge in [0.1, 0.15) is 5.69 Å². The van der Waals surface area contributed by atoms with Gasteiger partial charge in [-0.3, -0.25) is 10.1 Å². The van der Waals surface area contributed by atoms with Crippen LogP contribution in [-0.4, -0.2) is 66.5 Å². The summed E-state index contributed by atoms with van der Waals surface area (Å²) in [6.07, 6.45) is 6.53. The van der Waals surface area contributed by atoms with Crippen molar-refractivity contribution in [1.29, 1.82) is 0 Å². The summed E-state index contributed by atoms with van der Waals surface area (Å²) < 4.78 is 4.96. The van der Waals surface area contributed by atoms with E-state index in [1.54, 1.807) is 0 Å². The topological polar surface area (TPSA) is 91.8 Å². The molecule has 0 spiro atoms. The van der Waals surface area contributed by atoms with Crippen molar-refractivity contribution in [3.63, 3.8) is 0 Å². The predicted octanol–water partition coefficient (Wildman–Crippen LogP) is 3.04. The van der Waals surface area contributed by atoms with Crippen LogP contribution in [0.25, 0.3) is 11.0 Å². The van der Waals surface area contributed by atoms with Gasteiger partial charge in [0.15, 0.2) is 5.52 Å². The first kappa shape index (κ1) is 18.9. The fourth-order valence-corrected chi connectivity index (χ4v) is 4.48. The van der Waals surface area contributed by atoms with Crippen molar-refractivity contribution in [2.75, 3.05) is 50.1 Å². The third-order valence-corrected chi connectivity index (χ3v) is 6.22. The number of anilines is 2. The highest BCUT2D eigenvalue weighted by Gasteiger charge is 2.32. The largest absolute Gasteiger partial charge is 0.370 e. The summed E-state index contributed by atoms with van der Waals surface area (Å²) in [6, 6.07) is 2.31. The molecule has 2 saturated heterocycles. The molecule has 28 heavy (non-hydrogen) atoms. The van der Waals surface area contributed by atoms with E-state index in [2.05, 4.69) is 39.1 Å². The lowest BCUT2D eigenvalue weighted by atomic mass is 10.0. The lowest BCUT2D eigenvalue weighted by Crippen LogP contribution is -2.42. The molecule has 3 heterocycles. The van der Waals surface area contributed by atoms with Gasteiger partial charge in [0.25, 0.3) is 0 Å². The summed E-state index contributed by atoms with van der Waals surface area (Å²) in [7, 11) is 4.19. The number of nitro groups is 1. The third-order valence-electron chi connectivity index (χ3n) is 6.22. The third kappa shape index (κ3) is 3.50. The normalized spacial score (nSPS) is 19.7. The molecule has 1 aromatic heterocycles. The van der Waals surface area contributed by atoms with Crippen LogP contribution in [0.3, 0.4) is 0 Å². The second kappa shape index (κ2) is 7.90. The zero-order valence-corrected chi connectivity index (χ0v) is 16.6. The van der Waals surface area contributed by atoms with Gasteiger partial charge in [0.2, 0.25) is 5.52 Å². The van der Waals surface area contributed by atoms with Gasteiger partial charge >= 0.3 is 5.69 Å². The molecule has 0 unspecified atom stereocenters. The smallest absolute Gasteiger partial charge is 0.323 e. The van der Waals surface area contributed by atoms with Crippen molar-refractivity contribution < 1.29 is 9.55 Å². The maximum atomic E-state index is 11.9. The van der Waals surface area contributed by atoms with Gasteiger partial charge in [0, 0.05) is 26.2 Å². The summed E-state index contributed by atoms with van der Waals surface area (Å²) in [6.45, 7) is 3.74. The highest BCUT2D eigenvalue weighted by Crippen LogP contribution is 2.41. The Balaban J connectivity index is 1.79. The van der Waals surface area contributed by atoms with Crippen LogP contribution in [0.4, 0.5) is 17.1 Å². The molecule has 4 rings (SSSR count). The number of nitro benzene ring substituents is 1. The summed E-state index contributed by atoms with van der Waals surface area (Å²) in [5.74, 6) is 0. The summed E-state index contributed by atoms with van der Waals surface area (Å²) in [5, 5.41) is 19.9. The van der Waals surface area contributed by atoms with Gasteiger partial charge < -0.3 is 14.7 Å². The van der Waals surface area contributed by atoms with Crippen LogP contribution in [-0.2, 0) is 0 Å². The van der Waals surface area contributed by atoms with Crippen molar-refractivity contribution in [1.82, 2.24) is 15.2 Å². The SMILES string of the molecule is CN1CCC(N(C)c2cc(N3CCCCCC3)c([N+](=O)[O-])c3nonc23)CC1. The molecule has 9 nitrogen and oxygen atoms in total. The molecule has 152 valence electrons. The molecule has 2 aliphatic rings. The molecule has 0 N–H and O–H groups in total. The maximum Gasteiger partial charge on any atom is 0.323 e. The minimum atomic E-state index is -0.341. The van der Waals surface area contributed by atoms with Crippen LogP contribution in [0.2, 0.25) is 0 Å². The number of rotatable bonds is 4. The fraction of sp³-hybridized carbons (Fsp3) is 0.684. The molecule has 0 aliphatic carbocycles. The van der Waals surface area contributed by atoms with Crippen LogP contribution < -0.4 is 9.80 Å². The molecule has 0 amide bonds. The molecule has 0 saturated carbocycles. The van der Waals surface area contributed by atoms with Crippen molar-refractivity contribution in [3.8, 4) is 0 Å². The number of hydrogen-bond donors (Lipinski definition) is 0. The van der Waals surface area contributed by atoms with Gasteiger partial charge in [-0.2, -0.15) is 0 Å². The van der Waals surface area contributed by atoms with E-state index >= 15 is 0 Å². The number of fused-ring (bicyclic) bond motifs is 1. The highest BCUT2D eigenvalue weighted by molar-refractivity contribution is 6.00. The van der Waals surface area contributed by atoms with E-state index in [0.717, 1.165) is 57.5 Å². The first-order chi connectivity index (χ1) is 13.6. The lowest BCUT2D eigenvalue weighted by molar-refractivity contribution is -0.382. The zero-order chi connectivity index (χ0) is 19.7. The number of likely N-dealkylation sites (tertiary alicyclic amines) is 1. The molecule has 2 fully saturated rings. The molecular formula is C19H28N6O3. The number of nitrogens with zero attached hydrogens (tertiary/aromatic N) is 6. The van der Waals surface area contributed by atoms with Crippen molar-refractivity contribution >= 4 is 28.1 Å². The van der Waals surface area contributed by atoms with Crippen LogP contribution in [0, 0.1) is 10.1 Å². The Morgan fingerprint density at radius 1 is 1.11 bits per heavy atom. The fourth-order valence-electron chi connectivity index (χ4n) is 4.48. The zero-order valence-electron chi connectivity index (χ0n) is 16.6. The summed E-state index contributed by atoms with van der Waals surface area (Å²) in [4.78, 5) is 18.3. The quantitative estimate of drug-likeness (QED) is 0.583. The van der Waals surface area contributed by atoms with Gasteiger partial charge in [-0.05, 0) is 62.2 Å². The number of benzene rings is 1. The van der Waals surface area contributed by atoms with E-state index in [1.165, 1.54) is 12.8 Å². The number of piperidine rings is 1. The van der Waals surface area contributed by atoms with Crippen molar-refractivity contribution in [2.24, 2.45) is 0 Å². The monoisotopic (exact) mass is 388 g/mol. The van der Waals surface area contributed by atoms with E-state index in [9.17, 15) is 10.1 Å². The van der Waals surface area contributed by atoms with E-state index in [4.69, 9.17) is 4.63 Å². The second-order valence-corrected chi connectivity index (χ2v) is 8.03. The van der Waals surface area contributed by atoms with Gasteiger partial charge in [-0.15, -0.1) is 0 Å².